The summed E-state index contributed by atoms with van der Waals surface area (Å²) in [4.78, 5) is 30.5. The van der Waals surface area contributed by atoms with E-state index in [1.54, 1.807) is 23.1 Å². The summed E-state index contributed by atoms with van der Waals surface area (Å²) in [7, 11) is 3.88. The van der Waals surface area contributed by atoms with Gasteiger partial charge in [0.1, 0.15) is 0 Å². The number of nitrogens with zero attached hydrogens (tertiary/aromatic N) is 3. The number of halogens is 2. The molecular weight excluding hydrogens is 437 g/mol. The second kappa shape index (κ2) is 10.7. The number of amides is 3. The highest BCUT2D eigenvalue weighted by Gasteiger charge is 2.22. The average molecular weight is 464 g/mol. The van der Waals surface area contributed by atoms with Gasteiger partial charge in [0.15, 0.2) is 0 Å². The molecule has 0 aliphatic carbocycles. The number of benzene rings is 2. The Balaban J connectivity index is 1.50. The normalized spacial score (nSPS) is 14.0. The van der Waals surface area contributed by atoms with Crippen LogP contribution in [-0.4, -0.2) is 68.6 Å². The Morgan fingerprint density at radius 2 is 1.55 bits per heavy atom. The van der Waals surface area contributed by atoms with Crippen molar-refractivity contribution in [3.8, 4) is 0 Å². The maximum Gasteiger partial charge on any atom is 0.322 e. The van der Waals surface area contributed by atoms with Gasteiger partial charge in [-0.15, -0.1) is 0 Å². The van der Waals surface area contributed by atoms with E-state index in [4.69, 9.17) is 23.2 Å². The van der Waals surface area contributed by atoms with Crippen molar-refractivity contribution in [3.63, 3.8) is 0 Å². The first kappa shape index (κ1) is 23.2. The summed E-state index contributed by atoms with van der Waals surface area (Å²) in [5.41, 5.74) is 2.27. The minimum Gasteiger partial charge on any atom is -0.368 e. The molecule has 1 aliphatic heterocycles. The summed E-state index contributed by atoms with van der Waals surface area (Å²) in [6, 6.07) is 12.7. The van der Waals surface area contributed by atoms with Crippen LogP contribution in [0, 0.1) is 0 Å². The van der Waals surface area contributed by atoms with Crippen molar-refractivity contribution in [2.75, 3.05) is 62.4 Å². The van der Waals surface area contributed by atoms with Crippen molar-refractivity contribution in [1.82, 2.24) is 9.80 Å². The molecule has 0 unspecified atom stereocenters. The highest BCUT2D eigenvalue weighted by molar-refractivity contribution is 6.39. The number of anilines is 3. The van der Waals surface area contributed by atoms with E-state index >= 15 is 0 Å². The Bertz CT molecular complexity index is 892. The SMILES string of the molecule is CN(C)CCC(=O)Nc1ccc(N2CCN(C(=O)Nc3c(Cl)cccc3Cl)CC2)cc1. The van der Waals surface area contributed by atoms with Crippen LogP contribution in [0.2, 0.25) is 10.0 Å². The van der Waals surface area contributed by atoms with E-state index in [0.29, 0.717) is 54.9 Å². The molecule has 1 aliphatic rings. The third-order valence-electron chi connectivity index (χ3n) is 5.06. The summed E-state index contributed by atoms with van der Waals surface area (Å²) in [5.74, 6) is -0.000278. The van der Waals surface area contributed by atoms with E-state index in [9.17, 15) is 9.59 Å². The standard InChI is InChI=1S/C22H27Cl2N5O2/c1-27(2)11-10-20(30)25-16-6-8-17(9-7-16)28-12-14-29(15-13-28)22(31)26-21-18(23)4-3-5-19(21)24/h3-9H,10-15H2,1-2H3,(H,25,30)(H,26,31). The van der Waals surface area contributed by atoms with E-state index in [0.717, 1.165) is 11.4 Å². The van der Waals surface area contributed by atoms with Crippen molar-refractivity contribution >= 4 is 52.2 Å². The molecule has 0 atom stereocenters. The van der Waals surface area contributed by atoms with Gasteiger partial charge >= 0.3 is 6.03 Å². The minimum absolute atomic E-state index is 0.000278. The van der Waals surface area contributed by atoms with Crippen LogP contribution in [0.5, 0.6) is 0 Å². The van der Waals surface area contributed by atoms with E-state index in [2.05, 4.69) is 15.5 Å². The Hall–Kier alpha value is -2.48. The molecule has 0 saturated carbocycles. The molecule has 3 rings (SSSR count). The van der Waals surface area contributed by atoms with Crippen LogP contribution in [0.4, 0.5) is 21.9 Å². The van der Waals surface area contributed by atoms with Crippen LogP contribution < -0.4 is 15.5 Å². The molecule has 0 spiro atoms. The van der Waals surface area contributed by atoms with Crippen LogP contribution in [0.25, 0.3) is 0 Å². The van der Waals surface area contributed by atoms with Crippen LogP contribution in [0.3, 0.4) is 0 Å². The number of nitrogens with one attached hydrogen (secondary N) is 2. The molecule has 3 amide bonds. The van der Waals surface area contributed by atoms with Crippen molar-refractivity contribution < 1.29 is 9.59 Å². The van der Waals surface area contributed by atoms with Gasteiger partial charge in [-0.1, -0.05) is 29.3 Å². The van der Waals surface area contributed by atoms with Crippen molar-refractivity contribution in [2.45, 2.75) is 6.42 Å². The molecule has 1 heterocycles. The van der Waals surface area contributed by atoms with E-state index in [1.807, 2.05) is 43.3 Å². The number of hydrogen-bond acceptors (Lipinski definition) is 4. The zero-order valence-electron chi connectivity index (χ0n) is 17.7. The Kier molecular flexibility index (Phi) is 8.01. The first-order valence-electron chi connectivity index (χ1n) is 10.1. The third kappa shape index (κ3) is 6.50. The minimum atomic E-state index is -0.217. The molecule has 1 fully saturated rings. The van der Waals surface area contributed by atoms with Gasteiger partial charge in [-0.3, -0.25) is 4.79 Å². The zero-order valence-corrected chi connectivity index (χ0v) is 19.2. The largest absolute Gasteiger partial charge is 0.368 e. The highest BCUT2D eigenvalue weighted by Crippen LogP contribution is 2.30. The van der Waals surface area contributed by atoms with E-state index in [1.165, 1.54) is 0 Å². The summed E-state index contributed by atoms with van der Waals surface area (Å²) < 4.78 is 0. The molecule has 1 saturated heterocycles. The Labute approximate surface area is 192 Å². The molecule has 0 bridgehead atoms. The van der Waals surface area contributed by atoms with E-state index in [-0.39, 0.29) is 11.9 Å². The van der Waals surface area contributed by atoms with Crippen molar-refractivity contribution in [2.24, 2.45) is 0 Å². The second-order valence-electron chi connectivity index (χ2n) is 7.65. The highest BCUT2D eigenvalue weighted by atomic mass is 35.5. The number of para-hydroxylation sites is 1. The fourth-order valence-corrected chi connectivity index (χ4v) is 3.77. The van der Waals surface area contributed by atoms with Gasteiger partial charge in [0.25, 0.3) is 0 Å². The van der Waals surface area contributed by atoms with Crippen molar-refractivity contribution in [3.05, 3.63) is 52.5 Å². The van der Waals surface area contributed by atoms with Crippen LogP contribution in [0.15, 0.2) is 42.5 Å². The van der Waals surface area contributed by atoms with Crippen molar-refractivity contribution in [1.29, 1.82) is 0 Å². The van der Waals surface area contributed by atoms with Gasteiger partial charge < -0.3 is 25.3 Å². The van der Waals surface area contributed by atoms with Gasteiger partial charge in [0.2, 0.25) is 5.91 Å². The topological polar surface area (TPSA) is 67.9 Å². The lowest BCUT2D eigenvalue weighted by atomic mass is 10.2. The lowest BCUT2D eigenvalue weighted by molar-refractivity contribution is -0.116. The fourth-order valence-electron chi connectivity index (χ4n) is 3.28. The lowest BCUT2D eigenvalue weighted by Gasteiger charge is -2.36. The third-order valence-corrected chi connectivity index (χ3v) is 5.69. The average Bonchev–Trinajstić information content (AvgIpc) is 2.75. The summed E-state index contributed by atoms with van der Waals surface area (Å²) in [5, 5.41) is 6.54. The number of carbonyl (C=O) groups is 2. The number of urea groups is 1. The molecule has 2 N–H and O–H groups in total. The Morgan fingerprint density at radius 1 is 0.935 bits per heavy atom. The smallest absolute Gasteiger partial charge is 0.322 e. The van der Waals surface area contributed by atoms with Gasteiger partial charge in [-0.05, 0) is 50.5 Å². The second-order valence-corrected chi connectivity index (χ2v) is 8.46. The number of rotatable bonds is 6. The molecular formula is C22H27Cl2N5O2. The van der Waals surface area contributed by atoms with Crippen LogP contribution in [-0.2, 0) is 4.79 Å². The van der Waals surface area contributed by atoms with E-state index < -0.39 is 0 Å². The van der Waals surface area contributed by atoms with Gasteiger partial charge in [0.05, 0.1) is 15.7 Å². The van der Waals surface area contributed by atoms with Crippen LogP contribution in [0.1, 0.15) is 6.42 Å². The molecule has 0 radical (unpaired) electrons. The zero-order chi connectivity index (χ0) is 22.4. The number of carbonyl (C=O) groups excluding carboxylic acids is 2. The molecule has 2 aromatic carbocycles. The van der Waals surface area contributed by atoms with Gasteiger partial charge in [0, 0.05) is 50.5 Å². The number of hydrogen-bond donors (Lipinski definition) is 2. The van der Waals surface area contributed by atoms with Crippen LogP contribution >= 0.6 is 23.2 Å². The lowest BCUT2D eigenvalue weighted by Crippen LogP contribution is -2.50. The molecule has 9 heteroatoms. The summed E-state index contributed by atoms with van der Waals surface area (Å²) in [6.45, 7) is 3.29. The molecule has 2 aromatic rings. The Morgan fingerprint density at radius 3 is 2.13 bits per heavy atom. The van der Waals surface area contributed by atoms with Gasteiger partial charge in [-0.25, -0.2) is 4.79 Å². The summed E-state index contributed by atoms with van der Waals surface area (Å²) >= 11 is 12.3. The summed E-state index contributed by atoms with van der Waals surface area (Å²) in [6.07, 6.45) is 0.457. The fraction of sp³-hybridized carbons (Fsp3) is 0.364. The predicted molar refractivity (Wildman–Crippen MR) is 128 cm³/mol. The maximum atomic E-state index is 12.6. The first-order chi connectivity index (χ1) is 14.8. The maximum absolute atomic E-state index is 12.6. The molecule has 0 aromatic heterocycles. The quantitative estimate of drug-likeness (QED) is 0.671. The molecule has 31 heavy (non-hydrogen) atoms. The molecule has 166 valence electrons. The number of piperazine rings is 1. The monoisotopic (exact) mass is 463 g/mol. The first-order valence-corrected chi connectivity index (χ1v) is 10.9. The van der Waals surface area contributed by atoms with Gasteiger partial charge in [-0.2, -0.15) is 0 Å². The molecule has 7 nitrogen and oxygen atoms in total. The predicted octanol–water partition coefficient (Wildman–Crippen LogP) is 4.24.